The first-order valence-corrected chi connectivity index (χ1v) is 8.34. The van der Waals surface area contributed by atoms with Crippen LogP contribution in [0.15, 0.2) is 48.8 Å². The van der Waals surface area contributed by atoms with Crippen LogP contribution in [0.4, 0.5) is 4.39 Å². The lowest BCUT2D eigenvalue weighted by atomic mass is 9.91. The van der Waals surface area contributed by atoms with Crippen LogP contribution in [-0.2, 0) is 6.42 Å². The molecule has 1 aromatic heterocycles. The molecule has 5 heteroatoms. The third kappa shape index (κ3) is 4.10. The van der Waals surface area contributed by atoms with E-state index in [2.05, 4.69) is 0 Å². The zero-order valence-electron chi connectivity index (χ0n) is 13.5. The standard InChI is InChI=1S/C19H21FN2O2/c20-18-5-1-3-15(13-18)6-7-16-4-2-10-21(14-16)19(23)17-8-11-22(24)12-9-17/h1,3,5,8-9,11-13,16H,2,4,6-7,10,14H2/t16-/m0/s1. The van der Waals surface area contributed by atoms with Crippen LogP contribution < -0.4 is 4.73 Å². The highest BCUT2D eigenvalue weighted by Gasteiger charge is 2.24. The van der Waals surface area contributed by atoms with Gasteiger partial charge in [-0.3, -0.25) is 4.79 Å². The van der Waals surface area contributed by atoms with Gasteiger partial charge in [-0.2, -0.15) is 4.73 Å². The van der Waals surface area contributed by atoms with Gasteiger partial charge in [-0.25, -0.2) is 4.39 Å². The van der Waals surface area contributed by atoms with Crippen LogP contribution in [-0.4, -0.2) is 23.9 Å². The van der Waals surface area contributed by atoms with Crippen molar-refractivity contribution in [3.05, 3.63) is 70.9 Å². The van der Waals surface area contributed by atoms with E-state index in [1.54, 1.807) is 24.3 Å². The molecular formula is C19H21FN2O2. The highest BCUT2D eigenvalue weighted by atomic mass is 19.1. The molecule has 24 heavy (non-hydrogen) atoms. The van der Waals surface area contributed by atoms with Crippen LogP contribution in [0, 0.1) is 16.9 Å². The van der Waals surface area contributed by atoms with E-state index in [-0.39, 0.29) is 11.7 Å². The summed E-state index contributed by atoms with van der Waals surface area (Å²) in [6, 6.07) is 9.83. The molecule has 0 N–H and O–H groups in total. The molecule has 1 atom stereocenters. The molecule has 1 aromatic carbocycles. The number of amides is 1. The lowest BCUT2D eigenvalue weighted by Gasteiger charge is -2.33. The Morgan fingerprint density at radius 1 is 1.29 bits per heavy atom. The molecule has 4 nitrogen and oxygen atoms in total. The van der Waals surface area contributed by atoms with E-state index in [1.165, 1.54) is 18.5 Å². The number of carbonyl (C=O) groups excluding carboxylic acids is 1. The van der Waals surface area contributed by atoms with Crippen molar-refractivity contribution in [2.75, 3.05) is 13.1 Å². The lowest BCUT2D eigenvalue weighted by Crippen LogP contribution is -2.40. The van der Waals surface area contributed by atoms with Crippen molar-refractivity contribution in [3.63, 3.8) is 0 Å². The number of likely N-dealkylation sites (tertiary alicyclic amines) is 1. The fraction of sp³-hybridized carbons (Fsp3) is 0.368. The van der Waals surface area contributed by atoms with Crippen molar-refractivity contribution >= 4 is 5.91 Å². The largest absolute Gasteiger partial charge is 0.619 e. The number of aromatic nitrogens is 1. The molecular weight excluding hydrogens is 307 g/mol. The molecule has 1 amide bonds. The minimum absolute atomic E-state index is 0.0222. The minimum Gasteiger partial charge on any atom is -0.619 e. The van der Waals surface area contributed by atoms with E-state index < -0.39 is 0 Å². The number of benzene rings is 1. The Morgan fingerprint density at radius 2 is 2.08 bits per heavy atom. The second-order valence-electron chi connectivity index (χ2n) is 6.37. The fourth-order valence-corrected chi connectivity index (χ4v) is 3.29. The first-order valence-electron chi connectivity index (χ1n) is 8.34. The Kier molecular flexibility index (Phi) is 5.08. The van der Waals surface area contributed by atoms with Gasteiger partial charge in [0.2, 0.25) is 0 Å². The van der Waals surface area contributed by atoms with Crippen LogP contribution in [0.2, 0.25) is 0 Å². The molecule has 1 saturated heterocycles. The number of carbonyl (C=O) groups is 1. The maximum absolute atomic E-state index is 13.2. The molecule has 0 spiro atoms. The molecule has 3 rings (SSSR count). The van der Waals surface area contributed by atoms with Gasteiger partial charge in [-0.05, 0) is 49.3 Å². The second kappa shape index (κ2) is 7.43. The molecule has 0 radical (unpaired) electrons. The van der Waals surface area contributed by atoms with Gasteiger partial charge >= 0.3 is 0 Å². The van der Waals surface area contributed by atoms with Gasteiger partial charge in [0, 0.05) is 25.2 Å². The molecule has 1 aliphatic heterocycles. The predicted molar refractivity (Wildman–Crippen MR) is 88.8 cm³/mol. The number of hydrogen-bond donors (Lipinski definition) is 0. The van der Waals surface area contributed by atoms with Gasteiger partial charge in [-0.15, -0.1) is 0 Å². The maximum Gasteiger partial charge on any atom is 0.254 e. The molecule has 2 aromatic rings. The van der Waals surface area contributed by atoms with Crippen LogP contribution in [0.25, 0.3) is 0 Å². The van der Waals surface area contributed by atoms with Gasteiger partial charge < -0.3 is 10.1 Å². The van der Waals surface area contributed by atoms with Crippen molar-refractivity contribution in [2.24, 2.45) is 5.92 Å². The van der Waals surface area contributed by atoms with Gasteiger partial charge in [0.05, 0.1) is 5.56 Å². The van der Waals surface area contributed by atoms with Crippen molar-refractivity contribution in [1.29, 1.82) is 0 Å². The minimum atomic E-state index is -0.201. The van der Waals surface area contributed by atoms with Gasteiger partial charge in [0.25, 0.3) is 5.91 Å². The molecule has 0 unspecified atom stereocenters. The number of nitrogens with zero attached hydrogens (tertiary/aromatic N) is 2. The summed E-state index contributed by atoms with van der Waals surface area (Å²) in [5, 5.41) is 11.1. The van der Waals surface area contributed by atoms with E-state index in [1.807, 2.05) is 11.0 Å². The van der Waals surface area contributed by atoms with Crippen molar-refractivity contribution in [2.45, 2.75) is 25.7 Å². The second-order valence-corrected chi connectivity index (χ2v) is 6.37. The third-order valence-corrected chi connectivity index (χ3v) is 4.59. The van der Waals surface area contributed by atoms with Crippen molar-refractivity contribution in [1.82, 2.24) is 4.90 Å². The van der Waals surface area contributed by atoms with E-state index in [0.29, 0.717) is 16.2 Å². The Hall–Kier alpha value is -2.43. The number of halogens is 1. The summed E-state index contributed by atoms with van der Waals surface area (Å²) >= 11 is 0. The monoisotopic (exact) mass is 328 g/mol. The smallest absolute Gasteiger partial charge is 0.254 e. The van der Waals surface area contributed by atoms with E-state index in [0.717, 1.165) is 44.3 Å². The van der Waals surface area contributed by atoms with Crippen LogP contribution >= 0.6 is 0 Å². The molecule has 1 fully saturated rings. The van der Waals surface area contributed by atoms with Gasteiger partial charge in [0.1, 0.15) is 5.82 Å². The van der Waals surface area contributed by atoms with E-state index in [4.69, 9.17) is 0 Å². The van der Waals surface area contributed by atoms with E-state index in [9.17, 15) is 14.4 Å². The Labute approximate surface area is 141 Å². The first-order chi connectivity index (χ1) is 11.6. The Bertz CT molecular complexity index is 703. The SMILES string of the molecule is O=C(c1cc[n+]([O-])cc1)N1CCC[C@@H](CCc2cccc(F)c2)C1. The lowest BCUT2D eigenvalue weighted by molar-refractivity contribution is -0.605. The molecule has 1 aliphatic rings. The van der Waals surface area contributed by atoms with E-state index >= 15 is 0 Å². The van der Waals surface area contributed by atoms with Gasteiger partial charge in [0.15, 0.2) is 12.4 Å². The third-order valence-electron chi connectivity index (χ3n) is 4.59. The summed E-state index contributed by atoms with van der Waals surface area (Å²) in [7, 11) is 0. The summed E-state index contributed by atoms with van der Waals surface area (Å²) in [6.07, 6.45) is 6.54. The normalized spacial score (nSPS) is 17.7. The number of rotatable bonds is 4. The summed E-state index contributed by atoms with van der Waals surface area (Å²) in [5.41, 5.74) is 1.55. The topological polar surface area (TPSA) is 47.2 Å². The highest BCUT2D eigenvalue weighted by Crippen LogP contribution is 2.23. The van der Waals surface area contributed by atoms with Gasteiger partial charge in [-0.1, -0.05) is 12.1 Å². The average Bonchev–Trinajstić information content (AvgIpc) is 2.60. The molecule has 126 valence electrons. The quantitative estimate of drug-likeness (QED) is 0.640. The van der Waals surface area contributed by atoms with Crippen LogP contribution in [0.5, 0.6) is 0 Å². The molecule has 0 saturated carbocycles. The highest BCUT2D eigenvalue weighted by molar-refractivity contribution is 5.94. The summed E-state index contributed by atoms with van der Waals surface area (Å²) < 4.78 is 13.9. The number of hydrogen-bond acceptors (Lipinski definition) is 2. The zero-order valence-corrected chi connectivity index (χ0v) is 13.5. The average molecular weight is 328 g/mol. The summed E-state index contributed by atoms with van der Waals surface area (Å²) in [6.45, 7) is 1.47. The number of pyridine rings is 1. The number of aryl methyl sites for hydroxylation is 1. The van der Waals surface area contributed by atoms with Crippen LogP contribution in [0.3, 0.4) is 0 Å². The molecule has 0 aliphatic carbocycles. The number of piperidine rings is 1. The summed E-state index contributed by atoms with van der Waals surface area (Å²) in [5.74, 6) is 0.206. The zero-order chi connectivity index (χ0) is 16.9. The molecule has 0 bridgehead atoms. The van der Waals surface area contributed by atoms with Crippen molar-refractivity contribution in [3.8, 4) is 0 Å². The summed E-state index contributed by atoms with van der Waals surface area (Å²) in [4.78, 5) is 14.4. The van der Waals surface area contributed by atoms with Crippen molar-refractivity contribution < 1.29 is 13.9 Å². The van der Waals surface area contributed by atoms with Crippen LogP contribution in [0.1, 0.15) is 35.2 Å². The Morgan fingerprint density at radius 3 is 2.83 bits per heavy atom. The first kappa shape index (κ1) is 16.4. The Balaban J connectivity index is 1.57. The predicted octanol–water partition coefficient (Wildman–Crippen LogP) is 2.94. The molecule has 2 heterocycles. The maximum atomic E-state index is 13.2. The fourth-order valence-electron chi connectivity index (χ4n) is 3.29.